The molecule has 180 valence electrons. The quantitative estimate of drug-likeness (QED) is 0.357. The van der Waals surface area contributed by atoms with Gasteiger partial charge < -0.3 is 14.5 Å². The largest absolute Gasteiger partial charge is 0.465 e. The number of aliphatic imine (C=N–C) groups is 1. The molecule has 0 spiro atoms. The van der Waals surface area contributed by atoms with E-state index in [0.717, 1.165) is 11.8 Å². The van der Waals surface area contributed by atoms with E-state index in [2.05, 4.69) is 15.0 Å². The number of carbonyl (C=O) groups is 2. The molecular formula is C23H15Cl2F2N3O4S. The number of nitrogens with zero attached hydrogens (tertiary/aromatic N) is 2. The zero-order valence-corrected chi connectivity index (χ0v) is 19.9. The summed E-state index contributed by atoms with van der Waals surface area (Å²) in [5.41, 5.74) is 0.775. The summed E-state index contributed by atoms with van der Waals surface area (Å²) in [6.45, 7) is -2.98. The number of amides is 2. The van der Waals surface area contributed by atoms with Crippen LogP contribution in [0.5, 0.6) is 5.75 Å². The second-order valence-corrected chi connectivity index (χ2v) is 8.70. The first-order valence-corrected chi connectivity index (χ1v) is 11.7. The van der Waals surface area contributed by atoms with Gasteiger partial charge in [-0.3, -0.25) is 14.5 Å². The van der Waals surface area contributed by atoms with E-state index in [4.69, 9.17) is 27.6 Å². The van der Waals surface area contributed by atoms with Gasteiger partial charge in [0.25, 0.3) is 5.91 Å². The number of nitrogens with one attached hydrogen (secondary N) is 1. The Morgan fingerprint density at radius 3 is 2.66 bits per heavy atom. The van der Waals surface area contributed by atoms with Crippen molar-refractivity contribution in [3.8, 4) is 5.75 Å². The van der Waals surface area contributed by atoms with Gasteiger partial charge in [0, 0.05) is 11.1 Å². The van der Waals surface area contributed by atoms with Crippen molar-refractivity contribution >= 4 is 69.4 Å². The Kier molecular flexibility index (Phi) is 7.74. The molecule has 0 saturated heterocycles. The number of anilines is 2. The molecule has 1 N–H and O–H groups in total. The van der Waals surface area contributed by atoms with Gasteiger partial charge in [-0.05, 0) is 54.6 Å². The molecule has 2 amide bonds. The van der Waals surface area contributed by atoms with Gasteiger partial charge in [-0.1, -0.05) is 35.0 Å². The fourth-order valence-electron chi connectivity index (χ4n) is 3.02. The molecule has 1 aliphatic rings. The average molecular weight is 538 g/mol. The minimum atomic E-state index is -2.98. The van der Waals surface area contributed by atoms with Crippen LogP contribution >= 0.6 is 35.0 Å². The SMILES string of the molecule is O=C(CSC1=N/C(=C/c2ccco2)C(=O)N1c1ccc(OC(F)F)cc1)Nc1cc(Cl)ccc1Cl. The summed E-state index contributed by atoms with van der Waals surface area (Å²) < 4.78 is 34.6. The second kappa shape index (κ2) is 10.9. The lowest BCUT2D eigenvalue weighted by Crippen LogP contribution is -2.31. The number of benzene rings is 2. The van der Waals surface area contributed by atoms with Gasteiger partial charge in [0.2, 0.25) is 5.91 Å². The molecule has 7 nitrogen and oxygen atoms in total. The Labute approximate surface area is 212 Å². The van der Waals surface area contributed by atoms with Crippen molar-refractivity contribution < 1.29 is 27.5 Å². The number of furan rings is 1. The Bertz CT molecular complexity index is 1300. The van der Waals surface area contributed by atoms with Crippen molar-refractivity contribution in [1.29, 1.82) is 0 Å². The van der Waals surface area contributed by atoms with Gasteiger partial charge in [-0.2, -0.15) is 8.78 Å². The zero-order valence-electron chi connectivity index (χ0n) is 17.6. The highest BCUT2D eigenvalue weighted by Gasteiger charge is 2.32. The van der Waals surface area contributed by atoms with Crippen LogP contribution in [0.4, 0.5) is 20.2 Å². The van der Waals surface area contributed by atoms with Crippen molar-refractivity contribution in [2.45, 2.75) is 6.61 Å². The topological polar surface area (TPSA) is 84.1 Å². The molecule has 0 atom stereocenters. The van der Waals surface area contributed by atoms with Crippen molar-refractivity contribution in [3.63, 3.8) is 0 Å². The van der Waals surface area contributed by atoms with E-state index in [9.17, 15) is 18.4 Å². The Hall–Kier alpha value is -3.34. The maximum Gasteiger partial charge on any atom is 0.387 e. The summed E-state index contributed by atoms with van der Waals surface area (Å²) in [7, 11) is 0. The second-order valence-electron chi connectivity index (χ2n) is 6.91. The number of thioether (sulfide) groups is 1. The fourth-order valence-corrected chi connectivity index (χ4v) is 4.16. The first kappa shape index (κ1) is 24.8. The normalized spacial score (nSPS) is 14.5. The predicted octanol–water partition coefficient (Wildman–Crippen LogP) is 6.30. The number of alkyl halides is 2. The molecule has 2 heterocycles. The van der Waals surface area contributed by atoms with Crippen molar-refractivity contribution in [3.05, 3.63) is 82.4 Å². The van der Waals surface area contributed by atoms with Crippen LogP contribution in [0.1, 0.15) is 5.76 Å². The fraction of sp³-hybridized carbons (Fsp3) is 0.0870. The molecule has 3 aromatic rings. The summed E-state index contributed by atoms with van der Waals surface area (Å²) in [4.78, 5) is 31.3. The first-order valence-electron chi connectivity index (χ1n) is 9.91. The minimum Gasteiger partial charge on any atom is -0.465 e. The number of rotatable bonds is 7. The van der Waals surface area contributed by atoms with Crippen LogP contribution < -0.4 is 15.0 Å². The Morgan fingerprint density at radius 1 is 1.20 bits per heavy atom. The van der Waals surface area contributed by atoms with Crippen LogP contribution in [0.25, 0.3) is 6.08 Å². The summed E-state index contributed by atoms with van der Waals surface area (Å²) >= 11 is 13.0. The molecule has 0 fully saturated rings. The third kappa shape index (κ3) is 6.21. The zero-order chi connectivity index (χ0) is 24.9. The lowest BCUT2D eigenvalue weighted by molar-refractivity contribution is -0.114. The van der Waals surface area contributed by atoms with Gasteiger partial charge >= 0.3 is 6.61 Å². The van der Waals surface area contributed by atoms with Gasteiger partial charge in [-0.25, -0.2) is 4.99 Å². The molecule has 12 heteroatoms. The highest BCUT2D eigenvalue weighted by Crippen LogP contribution is 2.31. The Balaban J connectivity index is 1.55. The van der Waals surface area contributed by atoms with Gasteiger partial charge in [-0.15, -0.1) is 0 Å². The third-order valence-electron chi connectivity index (χ3n) is 4.51. The summed E-state index contributed by atoms with van der Waals surface area (Å²) in [5.74, 6) is -0.641. The van der Waals surface area contributed by atoms with Crippen molar-refractivity contribution in [2.24, 2.45) is 4.99 Å². The molecule has 1 aliphatic heterocycles. The number of hydrogen-bond acceptors (Lipinski definition) is 6. The van der Waals surface area contributed by atoms with E-state index in [1.807, 2.05) is 0 Å². The standard InChI is InChI=1S/C23H15Cl2F2N3O4S/c24-13-3-8-17(25)18(10-13)28-20(31)12-35-23-29-19(11-16-2-1-9-33-16)21(32)30(23)14-4-6-15(7-5-14)34-22(26)27/h1-11,22H,12H2,(H,28,31)/b19-11+. The molecule has 2 aromatic carbocycles. The average Bonchev–Trinajstić information content (AvgIpc) is 3.43. The van der Waals surface area contributed by atoms with Crippen LogP contribution in [-0.4, -0.2) is 29.3 Å². The van der Waals surface area contributed by atoms with Crippen LogP contribution in [0.2, 0.25) is 10.0 Å². The van der Waals surface area contributed by atoms with E-state index in [0.29, 0.717) is 27.2 Å². The predicted molar refractivity (Wildman–Crippen MR) is 132 cm³/mol. The van der Waals surface area contributed by atoms with Crippen LogP contribution in [0.15, 0.2) is 76.0 Å². The van der Waals surface area contributed by atoms with Gasteiger partial charge in [0.1, 0.15) is 17.2 Å². The smallest absolute Gasteiger partial charge is 0.387 e. The lowest BCUT2D eigenvalue weighted by atomic mass is 10.2. The van der Waals surface area contributed by atoms with Crippen molar-refractivity contribution in [1.82, 2.24) is 0 Å². The molecule has 0 saturated carbocycles. The summed E-state index contributed by atoms with van der Waals surface area (Å²) in [5, 5.41) is 3.59. The van der Waals surface area contributed by atoms with E-state index in [1.54, 1.807) is 24.3 Å². The molecule has 0 bridgehead atoms. The first-order chi connectivity index (χ1) is 16.8. The monoisotopic (exact) mass is 537 g/mol. The number of halogens is 4. The lowest BCUT2D eigenvalue weighted by Gasteiger charge is -2.18. The molecular weight excluding hydrogens is 523 g/mol. The van der Waals surface area contributed by atoms with E-state index >= 15 is 0 Å². The van der Waals surface area contributed by atoms with Gasteiger partial charge in [0.15, 0.2) is 5.17 Å². The van der Waals surface area contributed by atoms with Crippen LogP contribution in [-0.2, 0) is 9.59 Å². The van der Waals surface area contributed by atoms with E-state index in [1.165, 1.54) is 47.6 Å². The minimum absolute atomic E-state index is 0.0642. The number of hydrogen-bond donors (Lipinski definition) is 1. The molecule has 0 unspecified atom stereocenters. The number of carbonyl (C=O) groups excluding carboxylic acids is 2. The number of amidine groups is 1. The Morgan fingerprint density at radius 2 is 1.97 bits per heavy atom. The maximum atomic E-state index is 13.1. The van der Waals surface area contributed by atoms with E-state index in [-0.39, 0.29) is 22.4 Å². The van der Waals surface area contributed by atoms with E-state index < -0.39 is 18.4 Å². The highest BCUT2D eigenvalue weighted by atomic mass is 35.5. The summed E-state index contributed by atoms with van der Waals surface area (Å²) in [6, 6.07) is 13.5. The van der Waals surface area contributed by atoms with Crippen LogP contribution in [0.3, 0.4) is 0 Å². The van der Waals surface area contributed by atoms with Crippen molar-refractivity contribution in [2.75, 3.05) is 16.0 Å². The molecule has 0 aliphatic carbocycles. The molecule has 4 rings (SSSR count). The molecule has 1 aromatic heterocycles. The molecule has 0 radical (unpaired) electrons. The van der Waals surface area contributed by atoms with Crippen LogP contribution in [0, 0.1) is 0 Å². The number of ether oxygens (including phenoxy) is 1. The third-order valence-corrected chi connectivity index (χ3v) is 6.01. The maximum absolute atomic E-state index is 13.1. The summed E-state index contributed by atoms with van der Waals surface area (Å²) in [6.07, 6.45) is 2.92. The highest BCUT2D eigenvalue weighted by molar-refractivity contribution is 8.14. The molecule has 35 heavy (non-hydrogen) atoms. The van der Waals surface area contributed by atoms with Gasteiger partial charge in [0.05, 0.1) is 28.4 Å².